The lowest BCUT2D eigenvalue weighted by atomic mass is 10.2. The minimum Gasteiger partial charge on any atom is -0.355 e. The summed E-state index contributed by atoms with van der Waals surface area (Å²) in [4.78, 5) is 28.2. The lowest BCUT2D eigenvalue weighted by Gasteiger charge is -2.10. The quantitative estimate of drug-likeness (QED) is 0.812. The van der Waals surface area contributed by atoms with Crippen LogP contribution < -0.4 is 10.6 Å². The van der Waals surface area contributed by atoms with E-state index >= 15 is 0 Å². The third kappa shape index (κ3) is 4.31. The fourth-order valence-electron chi connectivity index (χ4n) is 2.39. The highest BCUT2D eigenvalue weighted by Crippen LogP contribution is 2.16. The molecule has 6 nitrogen and oxygen atoms in total. The van der Waals surface area contributed by atoms with Crippen LogP contribution in [-0.2, 0) is 22.6 Å². The number of benzene rings is 1. The molecule has 0 spiro atoms. The third-order valence-corrected chi connectivity index (χ3v) is 3.58. The summed E-state index contributed by atoms with van der Waals surface area (Å²) in [7, 11) is 0. The van der Waals surface area contributed by atoms with E-state index in [2.05, 4.69) is 15.6 Å². The number of hydrogen-bond acceptors (Lipinski definition) is 3. The molecule has 2 rings (SSSR count). The van der Waals surface area contributed by atoms with Crippen LogP contribution in [0.1, 0.15) is 26.6 Å². The monoisotopic (exact) mass is 316 g/mol. The first-order valence-corrected chi connectivity index (χ1v) is 8.01. The molecule has 1 heterocycles. The predicted octanol–water partition coefficient (Wildman–Crippen LogP) is 1.49. The highest BCUT2D eigenvalue weighted by atomic mass is 16.2. The smallest absolute Gasteiger partial charge is 0.239 e. The van der Waals surface area contributed by atoms with Crippen molar-refractivity contribution < 1.29 is 9.59 Å². The van der Waals surface area contributed by atoms with Crippen LogP contribution in [0, 0.1) is 5.92 Å². The number of rotatable bonds is 7. The van der Waals surface area contributed by atoms with Gasteiger partial charge in [-0.15, -0.1) is 0 Å². The predicted molar refractivity (Wildman–Crippen MR) is 90.0 cm³/mol. The standard InChI is InChI=1S/C17H24N4O2/c1-4-18-16(22)11-21-14-8-6-5-7-13(14)20-15(21)9-10-19-17(23)12(2)3/h5-8,12H,4,9-11H2,1-3H3,(H,18,22)(H,19,23). The molecule has 0 fully saturated rings. The molecule has 0 radical (unpaired) electrons. The van der Waals surface area contributed by atoms with Gasteiger partial charge in [0, 0.05) is 25.4 Å². The summed E-state index contributed by atoms with van der Waals surface area (Å²) in [6.07, 6.45) is 0.590. The molecule has 124 valence electrons. The lowest BCUT2D eigenvalue weighted by molar-refractivity contribution is -0.124. The number of nitrogens with one attached hydrogen (secondary N) is 2. The summed E-state index contributed by atoms with van der Waals surface area (Å²) in [6, 6.07) is 7.75. The number of imidazole rings is 1. The van der Waals surface area contributed by atoms with Gasteiger partial charge in [-0.25, -0.2) is 4.98 Å². The number of hydrogen-bond donors (Lipinski definition) is 2. The second-order valence-corrected chi connectivity index (χ2v) is 5.75. The van der Waals surface area contributed by atoms with E-state index < -0.39 is 0 Å². The molecular weight excluding hydrogens is 292 g/mol. The minimum absolute atomic E-state index is 0.0244. The Morgan fingerprint density at radius 2 is 1.96 bits per heavy atom. The molecule has 2 N–H and O–H groups in total. The molecule has 6 heteroatoms. The second-order valence-electron chi connectivity index (χ2n) is 5.75. The van der Waals surface area contributed by atoms with Crippen LogP contribution in [0.2, 0.25) is 0 Å². The Kier molecular flexibility index (Phi) is 5.73. The summed E-state index contributed by atoms with van der Waals surface area (Å²) < 4.78 is 1.92. The summed E-state index contributed by atoms with van der Waals surface area (Å²) in [5, 5.41) is 5.70. The van der Waals surface area contributed by atoms with Crippen molar-refractivity contribution in [1.29, 1.82) is 0 Å². The minimum atomic E-state index is -0.0388. The Labute approximate surface area is 136 Å². The Hall–Kier alpha value is -2.37. The zero-order valence-electron chi connectivity index (χ0n) is 13.9. The molecule has 0 unspecified atom stereocenters. The fourth-order valence-corrected chi connectivity index (χ4v) is 2.39. The first-order valence-electron chi connectivity index (χ1n) is 8.01. The summed E-state index contributed by atoms with van der Waals surface area (Å²) in [5.41, 5.74) is 1.80. The number of likely N-dealkylation sites (N-methyl/N-ethyl adjacent to an activating group) is 1. The second kappa shape index (κ2) is 7.76. The van der Waals surface area contributed by atoms with Crippen LogP contribution in [0.25, 0.3) is 11.0 Å². The molecule has 0 bridgehead atoms. The SMILES string of the molecule is CCNC(=O)Cn1c(CCNC(=O)C(C)C)nc2ccccc21. The van der Waals surface area contributed by atoms with Crippen LogP contribution in [-0.4, -0.2) is 34.5 Å². The molecule has 1 aromatic carbocycles. The first-order chi connectivity index (χ1) is 11.0. The van der Waals surface area contributed by atoms with Crippen LogP contribution in [0.15, 0.2) is 24.3 Å². The van der Waals surface area contributed by atoms with E-state index in [1.807, 2.05) is 49.6 Å². The van der Waals surface area contributed by atoms with Crippen LogP contribution in [0.5, 0.6) is 0 Å². The van der Waals surface area contributed by atoms with Crippen molar-refractivity contribution in [2.75, 3.05) is 13.1 Å². The number of aromatic nitrogens is 2. The zero-order chi connectivity index (χ0) is 16.8. The highest BCUT2D eigenvalue weighted by Gasteiger charge is 2.14. The molecule has 0 atom stereocenters. The molecule has 2 amide bonds. The van der Waals surface area contributed by atoms with Gasteiger partial charge in [0.05, 0.1) is 11.0 Å². The van der Waals surface area contributed by atoms with Crippen molar-refractivity contribution in [2.45, 2.75) is 33.7 Å². The molecular formula is C17H24N4O2. The van der Waals surface area contributed by atoms with Gasteiger partial charge >= 0.3 is 0 Å². The summed E-state index contributed by atoms with van der Waals surface area (Å²) >= 11 is 0. The van der Waals surface area contributed by atoms with Gasteiger partial charge in [0.2, 0.25) is 11.8 Å². The third-order valence-electron chi connectivity index (χ3n) is 3.58. The summed E-state index contributed by atoms with van der Waals surface area (Å²) in [5.74, 6) is 0.755. The average Bonchev–Trinajstić information content (AvgIpc) is 2.85. The van der Waals surface area contributed by atoms with Crippen molar-refractivity contribution in [2.24, 2.45) is 5.92 Å². The number of carbonyl (C=O) groups excluding carboxylic acids is 2. The van der Waals surface area contributed by atoms with Crippen molar-refractivity contribution in [3.63, 3.8) is 0 Å². The van der Waals surface area contributed by atoms with Crippen LogP contribution in [0.3, 0.4) is 0 Å². The molecule has 1 aromatic heterocycles. The molecule has 0 aliphatic heterocycles. The van der Waals surface area contributed by atoms with Gasteiger partial charge < -0.3 is 15.2 Å². The molecule has 23 heavy (non-hydrogen) atoms. The van der Waals surface area contributed by atoms with E-state index in [9.17, 15) is 9.59 Å². The number of nitrogens with zero attached hydrogens (tertiary/aromatic N) is 2. The Morgan fingerprint density at radius 3 is 2.65 bits per heavy atom. The van der Waals surface area contributed by atoms with Crippen molar-refractivity contribution >= 4 is 22.8 Å². The number of carbonyl (C=O) groups is 2. The van der Waals surface area contributed by atoms with E-state index in [0.29, 0.717) is 19.5 Å². The van der Waals surface area contributed by atoms with E-state index in [-0.39, 0.29) is 24.3 Å². The average molecular weight is 316 g/mol. The van der Waals surface area contributed by atoms with Gasteiger partial charge in [-0.1, -0.05) is 26.0 Å². The van der Waals surface area contributed by atoms with E-state index in [1.165, 1.54) is 0 Å². The van der Waals surface area contributed by atoms with Crippen molar-refractivity contribution in [3.05, 3.63) is 30.1 Å². The maximum atomic E-state index is 11.9. The number of amides is 2. The van der Waals surface area contributed by atoms with Crippen LogP contribution in [0.4, 0.5) is 0 Å². The van der Waals surface area contributed by atoms with Gasteiger partial charge in [-0.2, -0.15) is 0 Å². The van der Waals surface area contributed by atoms with Gasteiger partial charge in [-0.05, 0) is 19.1 Å². The normalized spacial score (nSPS) is 11.0. The molecule has 0 aliphatic carbocycles. The fraction of sp³-hybridized carbons (Fsp3) is 0.471. The first kappa shape index (κ1) is 17.0. The maximum Gasteiger partial charge on any atom is 0.239 e. The number of fused-ring (bicyclic) bond motifs is 1. The highest BCUT2D eigenvalue weighted by molar-refractivity contribution is 5.81. The van der Waals surface area contributed by atoms with Gasteiger partial charge in [-0.3, -0.25) is 9.59 Å². The molecule has 2 aromatic rings. The Balaban J connectivity index is 2.17. The Morgan fingerprint density at radius 1 is 1.22 bits per heavy atom. The largest absolute Gasteiger partial charge is 0.355 e. The molecule has 0 saturated heterocycles. The van der Waals surface area contributed by atoms with Gasteiger partial charge in [0.25, 0.3) is 0 Å². The lowest BCUT2D eigenvalue weighted by Crippen LogP contribution is -2.31. The van der Waals surface area contributed by atoms with E-state index in [1.54, 1.807) is 0 Å². The zero-order valence-corrected chi connectivity index (χ0v) is 13.9. The molecule has 0 aliphatic rings. The van der Waals surface area contributed by atoms with Crippen molar-refractivity contribution in [3.8, 4) is 0 Å². The summed E-state index contributed by atoms with van der Waals surface area (Å²) in [6.45, 7) is 6.97. The maximum absolute atomic E-state index is 11.9. The Bertz CT molecular complexity index is 691. The van der Waals surface area contributed by atoms with Gasteiger partial charge in [0.1, 0.15) is 12.4 Å². The topological polar surface area (TPSA) is 76.0 Å². The van der Waals surface area contributed by atoms with Gasteiger partial charge in [0.15, 0.2) is 0 Å². The van der Waals surface area contributed by atoms with E-state index in [0.717, 1.165) is 16.9 Å². The van der Waals surface area contributed by atoms with Crippen molar-refractivity contribution in [1.82, 2.24) is 20.2 Å². The molecule has 0 saturated carbocycles. The number of para-hydroxylation sites is 2. The van der Waals surface area contributed by atoms with Crippen LogP contribution >= 0.6 is 0 Å². The van der Waals surface area contributed by atoms with E-state index in [4.69, 9.17) is 0 Å².